The van der Waals surface area contributed by atoms with Crippen LogP contribution in [0, 0.1) is 19.8 Å². The van der Waals surface area contributed by atoms with Crippen LogP contribution in [0.5, 0.6) is 0 Å². The quantitative estimate of drug-likeness (QED) is 0.793. The molecular weight excluding hydrogens is 342 g/mol. The van der Waals surface area contributed by atoms with Crippen molar-refractivity contribution in [3.05, 3.63) is 11.4 Å². The Morgan fingerprint density at radius 2 is 2.00 bits per heavy atom. The van der Waals surface area contributed by atoms with E-state index in [1.807, 2.05) is 37.4 Å². The van der Waals surface area contributed by atoms with Gasteiger partial charge in [-0.2, -0.15) is 5.10 Å². The Bertz CT molecular complexity index is 693. The van der Waals surface area contributed by atoms with Crippen LogP contribution in [0.25, 0.3) is 0 Å². The summed E-state index contributed by atoms with van der Waals surface area (Å²) >= 11 is 0. The molecule has 1 aliphatic heterocycles. The molecular formula is C20H33N5O2. The highest BCUT2D eigenvalue weighted by Gasteiger charge is 2.35. The molecule has 7 nitrogen and oxygen atoms in total. The third kappa shape index (κ3) is 4.51. The highest BCUT2D eigenvalue weighted by molar-refractivity contribution is 5.93. The van der Waals surface area contributed by atoms with Crippen LogP contribution in [0.3, 0.4) is 0 Å². The highest BCUT2D eigenvalue weighted by atomic mass is 16.2. The summed E-state index contributed by atoms with van der Waals surface area (Å²) in [5, 5.41) is 7.45. The van der Waals surface area contributed by atoms with Crippen LogP contribution in [-0.2, 0) is 16.1 Å². The lowest BCUT2D eigenvalue weighted by molar-refractivity contribution is -0.129. The maximum atomic E-state index is 12.5. The van der Waals surface area contributed by atoms with Gasteiger partial charge in [0.05, 0.1) is 23.6 Å². The zero-order valence-electron chi connectivity index (χ0n) is 17.1. The first-order valence-electron chi connectivity index (χ1n) is 10.2. The number of carbonyl (C=O) groups is 2. The fourth-order valence-corrected chi connectivity index (χ4v) is 4.61. The molecule has 0 spiro atoms. The van der Waals surface area contributed by atoms with Gasteiger partial charge in [0.25, 0.3) is 0 Å². The number of likely N-dealkylation sites (tertiary alicyclic amines) is 1. The highest BCUT2D eigenvalue weighted by Crippen LogP contribution is 2.29. The van der Waals surface area contributed by atoms with Crippen molar-refractivity contribution in [1.82, 2.24) is 19.6 Å². The van der Waals surface area contributed by atoms with E-state index in [2.05, 4.69) is 15.3 Å². The SMILES string of the molecule is CCn1nc(C)c(NC(=O)CN(C)C[C@@H]2CC(=O)N(C3CCCC3)C2)c1C. The molecule has 1 N–H and O–H groups in total. The molecule has 1 aromatic heterocycles. The smallest absolute Gasteiger partial charge is 0.238 e. The molecule has 1 saturated carbocycles. The maximum absolute atomic E-state index is 12.5. The summed E-state index contributed by atoms with van der Waals surface area (Å²) in [6.45, 7) is 8.66. The molecule has 2 amide bonds. The predicted molar refractivity (Wildman–Crippen MR) is 106 cm³/mol. The van der Waals surface area contributed by atoms with E-state index in [1.54, 1.807) is 0 Å². The van der Waals surface area contributed by atoms with Crippen LogP contribution < -0.4 is 5.32 Å². The number of aromatic nitrogens is 2. The largest absolute Gasteiger partial charge is 0.339 e. The minimum Gasteiger partial charge on any atom is -0.339 e. The number of nitrogens with zero attached hydrogens (tertiary/aromatic N) is 4. The zero-order chi connectivity index (χ0) is 19.6. The van der Waals surface area contributed by atoms with Crippen molar-refractivity contribution in [2.75, 3.05) is 32.0 Å². The van der Waals surface area contributed by atoms with Crippen molar-refractivity contribution < 1.29 is 9.59 Å². The lowest BCUT2D eigenvalue weighted by Crippen LogP contribution is -2.37. The molecule has 27 heavy (non-hydrogen) atoms. The van der Waals surface area contributed by atoms with Crippen LogP contribution in [-0.4, -0.2) is 64.1 Å². The molecule has 1 saturated heterocycles. The number of hydrogen-bond acceptors (Lipinski definition) is 4. The first-order valence-corrected chi connectivity index (χ1v) is 10.2. The summed E-state index contributed by atoms with van der Waals surface area (Å²) in [7, 11) is 1.96. The summed E-state index contributed by atoms with van der Waals surface area (Å²) in [5.74, 6) is 0.585. The number of aryl methyl sites for hydroxylation is 2. The number of anilines is 1. The van der Waals surface area contributed by atoms with Gasteiger partial charge in [0.1, 0.15) is 0 Å². The second-order valence-electron chi connectivity index (χ2n) is 8.16. The predicted octanol–water partition coefficient (Wildman–Crippen LogP) is 2.18. The first-order chi connectivity index (χ1) is 12.9. The average Bonchev–Trinajstić information content (AvgIpc) is 3.31. The van der Waals surface area contributed by atoms with E-state index in [0.717, 1.165) is 49.6 Å². The maximum Gasteiger partial charge on any atom is 0.238 e. The second-order valence-corrected chi connectivity index (χ2v) is 8.16. The fraction of sp³-hybridized carbons (Fsp3) is 0.750. The van der Waals surface area contributed by atoms with Crippen LogP contribution in [0.2, 0.25) is 0 Å². The van der Waals surface area contributed by atoms with Gasteiger partial charge in [0.15, 0.2) is 0 Å². The van der Waals surface area contributed by atoms with Gasteiger partial charge in [-0.15, -0.1) is 0 Å². The normalized spacial score (nSPS) is 20.9. The molecule has 1 atom stereocenters. The van der Waals surface area contributed by atoms with Crippen molar-refractivity contribution >= 4 is 17.5 Å². The summed E-state index contributed by atoms with van der Waals surface area (Å²) in [4.78, 5) is 28.9. The number of carbonyl (C=O) groups excluding carboxylic acids is 2. The average molecular weight is 376 g/mol. The van der Waals surface area contributed by atoms with Crippen LogP contribution in [0.1, 0.15) is 50.4 Å². The molecule has 150 valence electrons. The lowest BCUT2D eigenvalue weighted by atomic mass is 10.1. The van der Waals surface area contributed by atoms with Gasteiger partial charge in [-0.3, -0.25) is 19.2 Å². The number of nitrogens with one attached hydrogen (secondary N) is 1. The molecule has 0 bridgehead atoms. The van der Waals surface area contributed by atoms with Crippen molar-refractivity contribution in [1.29, 1.82) is 0 Å². The summed E-state index contributed by atoms with van der Waals surface area (Å²) in [6, 6.07) is 0.456. The van der Waals surface area contributed by atoms with Gasteiger partial charge >= 0.3 is 0 Å². The standard InChI is InChI=1S/C20H33N5O2/c1-5-25-15(3)20(14(2)22-25)21-18(26)13-23(4)11-16-10-19(27)24(12-16)17-8-6-7-9-17/h16-17H,5-13H2,1-4H3,(H,21,26)/t16-/m0/s1. The van der Waals surface area contributed by atoms with E-state index in [9.17, 15) is 9.59 Å². The number of amides is 2. The number of likely N-dealkylation sites (N-methyl/N-ethyl adjacent to an activating group) is 1. The van der Waals surface area contributed by atoms with Crippen LogP contribution in [0.15, 0.2) is 0 Å². The van der Waals surface area contributed by atoms with Gasteiger partial charge < -0.3 is 10.2 Å². The van der Waals surface area contributed by atoms with E-state index in [1.165, 1.54) is 12.8 Å². The lowest BCUT2D eigenvalue weighted by Gasteiger charge is -2.25. The Labute approximate surface area is 162 Å². The number of rotatable bonds is 7. The summed E-state index contributed by atoms with van der Waals surface area (Å²) in [5.41, 5.74) is 2.65. The molecule has 2 heterocycles. The topological polar surface area (TPSA) is 70.5 Å². The summed E-state index contributed by atoms with van der Waals surface area (Å²) < 4.78 is 1.90. The van der Waals surface area contributed by atoms with E-state index < -0.39 is 0 Å². The molecule has 2 fully saturated rings. The van der Waals surface area contributed by atoms with Crippen LogP contribution in [0.4, 0.5) is 5.69 Å². The summed E-state index contributed by atoms with van der Waals surface area (Å²) in [6.07, 6.45) is 5.41. The molecule has 0 aromatic carbocycles. The van der Waals surface area contributed by atoms with Crippen molar-refractivity contribution in [3.8, 4) is 0 Å². The van der Waals surface area contributed by atoms with Gasteiger partial charge in [-0.05, 0) is 46.6 Å². The van der Waals surface area contributed by atoms with E-state index in [0.29, 0.717) is 30.8 Å². The van der Waals surface area contributed by atoms with Crippen molar-refractivity contribution in [2.45, 2.75) is 65.5 Å². The Hall–Kier alpha value is -1.89. The van der Waals surface area contributed by atoms with E-state index in [4.69, 9.17) is 0 Å². The van der Waals surface area contributed by atoms with E-state index in [-0.39, 0.29) is 5.91 Å². The third-order valence-electron chi connectivity index (χ3n) is 5.93. The van der Waals surface area contributed by atoms with Gasteiger partial charge in [0.2, 0.25) is 11.8 Å². The molecule has 3 rings (SSSR count). The molecule has 0 radical (unpaired) electrons. The molecule has 2 aliphatic rings. The second kappa shape index (κ2) is 8.42. The molecule has 0 unspecified atom stereocenters. The van der Waals surface area contributed by atoms with Gasteiger partial charge in [0, 0.05) is 32.1 Å². The molecule has 7 heteroatoms. The molecule has 1 aliphatic carbocycles. The van der Waals surface area contributed by atoms with E-state index >= 15 is 0 Å². The first kappa shape index (κ1) is 19.9. The van der Waals surface area contributed by atoms with Crippen molar-refractivity contribution in [2.24, 2.45) is 5.92 Å². The Morgan fingerprint density at radius 3 is 2.63 bits per heavy atom. The number of hydrogen-bond donors (Lipinski definition) is 1. The minimum absolute atomic E-state index is 0.0312. The van der Waals surface area contributed by atoms with Crippen LogP contribution >= 0.6 is 0 Å². The third-order valence-corrected chi connectivity index (χ3v) is 5.93. The monoisotopic (exact) mass is 375 g/mol. The molecule has 1 aromatic rings. The van der Waals surface area contributed by atoms with Gasteiger partial charge in [-0.25, -0.2) is 0 Å². The zero-order valence-corrected chi connectivity index (χ0v) is 17.1. The van der Waals surface area contributed by atoms with Gasteiger partial charge in [-0.1, -0.05) is 12.8 Å². The van der Waals surface area contributed by atoms with Crippen molar-refractivity contribution in [3.63, 3.8) is 0 Å². The Morgan fingerprint density at radius 1 is 1.30 bits per heavy atom. The minimum atomic E-state index is -0.0312. The Balaban J connectivity index is 1.49. The fourth-order valence-electron chi connectivity index (χ4n) is 4.61. The Kier molecular flexibility index (Phi) is 6.19.